The number of carbonyl (C=O) groups is 1. The van der Waals surface area contributed by atoms with Gasteiger partial charge in [-0.3, -0.25) is 9.78 Å². The number of carbonyl (C=O) groups excluding carboxylic acids is 1. The number of ether oxygens (including phenoxy) is 2. The van der Waals surface area contributed by atoms with Crippen molar-refractivity contribution in [3.8, 4) is 28.7 Å². The summed E-state index contributed by atoms with van der Waals surface area (Å²) >= 11 is 3.39. The summed E-state index contributed by atoms with van der Waals surface area (Å²) in [4.78, 5) is 29.0. The minimum atomic E-state index is -4.06. The van der Waals surface area contributed by atoms with Crippen molar-refractivity contribution in [2.75, 3.05) is 20.8 Å². The van der Waals surface area contributed by atoms with Gasteiger partial charge < -0.3 is 29.2 Å². The standard InChI is InChI=1S/C43H44BrN9O5S/c1-5-31-25-50(26(2)43(31,45)59(55,56)35-12-10-32(44)11-13-35)42(54)30-15-36-39(38(17-30)58-4)52(23-28-19-48-53(24-28)33-18-34(57-3)21-46-20-33)41(49-36)37-16-29-7-6-14-47-40(29)51(37)22-27-8-9-27/h6-7,10-21,24,26-27,31H,5,8-9,22-23,25,45H2,1-4H3. The van der Waals surface area contributed by atoms with Crippen LogP contribution in [0, 0.1) is 11.8 Å². The molecule has 14 nitrogen and oxygen atoms in total. The molecule has 2 N–H and O–H groups in total. The molecule has 2 fully saturated rings. The van der Waals surface area contributed by atoms with Crippen molar-refractivity contribution >= 4 is 53.7 Å². The van der Waals surface area contributed by atoms with E-state index >= 15 is 0 Å². The molecule has 5 aromatic heterocycles. The third kappa shape index (κ3) is 6.57. The second-order valence-electron chi connectivity index (χ2n) is 15.5. The molecule has 1 saturated carbocycles. The average molecular weight is 879 g/mol. The van der Waals surface area contributed by atoms with Crippen molar-refractivity contribution < 1.29 is 22.7 Å². The first-order valence-electron chi connectivity index (χ1n) is 19.6. The van der Waals surface area contributed by atoms with Crippen LogP contribution in [0.5, 0.6) is 11.5 Å². The van der Waals surface area contributed by atoms with Gasteiger partial charge in [-0.25, -0.2) is 23.1 Å². The van der Waals surface area contributed by atoms with Crippen LogP contribution in [-0.4, -0.2) is 84.8 Å². The third-order valence-electron chi connectivity index (χ3n) is 12.0. The molecule has 304 valence electrons. The summed E-state index contributed by atoms with van der Waals surface area (Å²) in [7, 11) is -0.895. The monoisotopic (exact) mass is 877 g/mol. The van der Waals surface area contributed by atoms with E-state index in [-0.39, 0.29) is 17.3 Å². The molecule has 7 aromatic rings. The van der Waals surface area contributed by atoms with Gasteiger partial charge in [-0.1, -0.05) is 22.9 Å². The minimum absolute atomic E-state index is 0.115. The van der Waals surface area contributed by atoms with E-state index in [2.05, 4.69) is 47.3 Å². The van der Waals surface area contributed by atoms with Crippen LogP contribution in [0.3, 0.4) is 0 Å². The number of fused-ring (bicyclic) bond motifs is 2. The highest BCUT2D eigenvalue weighted by molar-refractivity contribution is 9.10. The molecule has 9 rings (SSSR count). The Hall–Kier alpha value is -5.58. The number of hydrogen-bond donors (Lipinski definition) is 1. The molecule has 1 aliphatic carbocycles. The number of halogens is 1. The van der Waals surface area contributed by atoms with E-state index in [4.69, 9.17) is 25.2 Å². The second-order valence-corrected chi connectivity index (χ2v) is 18.6. The van der Waals surface area contributed by atoms with Gasteiger partial charge in [-0.15, -0.1) is 0 Å². The van der Waals surface area contributed by atoms with Crippen molar-refractivity contribution in [3.63, 3.8) is 0 Å². The zero-order chi connectivity index (χ0) is 41.2. The summed E-state index contributed by atoms with van der Waals surface area (Å²) in [5.41, 5.74) is 12.0. The summed E-state index contributed by atoms with van der Waals surface area (Å²) in [5.74, 6) is 1.42. The van der Waals surface area contributed by atoms with Gasteiger partial charge in [-0.2, -0.15) is 5.10 Å². The molecule has 1 saturated heterocycles. The van der Waals surface area contributed by atoms with Crippen LogP contribution in [0.15, 0.2) is 101 Å². The van der Waals surface area contributed by atoms with Crippen LogP contribution >= 0.6 is 15.9 Å². The lowest BCUT2D eigenvalue weighted by molar-refractivity contribution is 0.0735. The molecule has 1 aliphatic heterocycles. The number of likely N-dealkylation sites (tertiary alicyclic amines) is 1. The average Bonchev–Trinajstić information content (AvgIpc) is 3.52. The van der Waals surface area contributed by atoms with Crippen LogP contribution in [0.4, 0.5) is 0 Å². The van der Waals surface area contributed by atoms with Crippen LogP contribution in [0.2, 0.25) is 0 Å². The number of aromatic nitrogens is 7. The first kappa shape index (κ1) is 38.9. The van der Waals surface area contributed by atoms with E-state index in [1.54, 1.807) is 85.7 Å². The summed E-state index contributed by atoms with van der Waals surface area (Å²) in [5, 5.41) is 5.66. The SMILES string of the molecule is CCC1CN(C(=O)c2cc(OC)c3c(c2)nc(-c2cc4cccnc4n2CC2CC2)n3Cc2cnn(-c3cncc(OC)c3)c2)C(C)C1(N)S(=O)(=O)c1ccc(Br)cc1. The maximum Gasteiger partial charge on any atom is 0.254 e. The number of rotatable bonds is 12. The van der Waals surface area contributed by atoms with Crippen LogP contribution < -0.4 is 15.2 Å². The molecule has 0 spiro atoms. The lowest BCUT2D eigenvalue weighted by Crippen LogP contribution is -2.59. The Morgan fingerprint density at radius 2 is 1.81 bits per heavy atom. The highest BCUT2D eigenvalue weighted by Crippen LogP contribution is 2.43. The third-order valence-corrected chi connectivity index (χ3v) is 15.0. The summed E-state index contributed by atoms with van der Waals surface area (Å²) in [6, 6.07) is 17.1. The Morgan fingerprint density at radius 3 is 2.54 bits per heavy atom. The predicted molar refractivity (Wildman–Crippen MR) is 227 cm³/mol. The Kier molecular flexibility index (Phi) is 9.83. The molecule has 59 heavy (non-hydrogen) atoms. The van der Waals surface area contributed by atoms with Gasteiger partial charge in [0.25, 0.3) is 5.91 Å². The van der Waals surface area contributed by atoms with E-state index in [9.17, 15) is 13.2 Å². The first-order valence-corrected chi connectivity index (χ1v) is 21.9. The van der Waals surface area contributed by atoms with Crippen molar-refractivity contribution in [3.05, 3.63) is 107 Å². The molecular formula is C43H44BrN9O5S. The van der Waals surface area contributed by atoms with E-state index < -0.39 is 26.7 Å². The highest BCUT2D eigenvalue weighted by Gasteiger charge is 2.59. The number of nitrogens with two attached hydrogens (primary N) is 1. The van der Waals surface area contributed by atoms with Gasteiger partial charge >= 0.3 is 0 Å². The largest absolute Gasteiger partial charge is 0.495 e. The number of sulfone groups is 1. The van der Waals surface area contributed by atoms with E-state index in [1.165, 1.54) is 0 Å². The fraction of sp³-hybridized carbons (Fsp3) is 0.326. The van der Waals surface area contributed by atoms with Crippen LogP contribution in [-0.2, 0) is 22.9 Å². The maximum absolute atomic E-state index is 14.7. The zero-order valence-corrected chi connectivity index (χ0v) is 35.5. The number of methoxy groups -OCH3 is 2. The van der Waals surface area contributed by atoms with Gasteiger partial charge in [0.2, 0.25) is 0 Å². The minimum Gasteiger partial charge on any atom is -0.495 e. The quantitative estimate of drug-likeness (QED) is 0.137. The Bertz CT molecular complexity index is 2850. The maximum atomic E-state index is 14.7. The summed E-state index contributed by atoms with van der Waals surface area (Å²) < 4.78 is 46.9. The molecular weight excluding hydrogens is 835 g/mol. The normalized spacial score (nSPS) is 19.5. The fourth-order valence-electron chi connectivity index (χ4n) is 8.54. The van der Waals surface area contributed by atoms with Gasteiger partial charge in [0, 0.05) is 58.5 Å². The second kappa shape index (κ2) is 14.9. The molecule has 6 heterocycles. The summed E-state index contributed by atoms with van der Waals surface area (Å²) in [6.07, 6.45) is 11.7. The fourth-order valence-corrected chi connectivity index (χ4v) is 11.0. The van der Waals surface area contributed by atoms with E-state index in [1.807, 2.05) is 31.5 Å². The molecule has 3 atom stereocenters. The lowest BCUT2D eigenvalue weighted by atomic mass is 9.97. The Morgan fingerprint density at radius 1 is 1.02 bits per heavy atom. The van der Waals surface area contributed by atoms with Crippen molar-refractivity contribution in [2.45, 2.75) is 62.0 Å². The van der Waals surface area contributed by atoms with Crippen LogP contribution in [0.25, 0.3) is 39.3 Å². The molecule has 16 heteroatoms. The first-order chi connectivity index (χ1) is 28.4. The molecule has 1 amide bonds. The van der Waals surface area contributed by atoms with Gasteiger partial charge in [0.15, 0.2) is 15.7 Å². The molecule has 2 aromatic carbocycles. The van der Waals surface area contributed by atoms with Gasteiger partial charge in [0.1, 0.15) is 27.5 Å². The Balaban J connectivity index is 1.16. The van der Waals surface area contributed by atoms with Crippen molar-refractivity contribution in [2.24, 2.45) is 17.6 Å². The number of pyridine rings is 2. The molecule has 0 radical (unpaired) electrons. The van der Waals surface area contributed by atoms with Gasteiger partial charge in [-0.05, 0) is 86.7 Å². The number of benzene rings is 2. The lowest BCUT2D eigenvalue weighted by Gasteiger charge is -2.34. The van der Waals surface area contributed by atoms with E-state index in [0.29, 0.717) is 52.8 Å². The number of hydrogen-bond acceptors (Lipinski definition) is 10. The van der Waals surface area contributed by atoms with Gasteiger partial charge in [0.05, 0.1) is 67.2 Å². The molecule has 2 aliphatic rings. The smallest absolute Gasteiger partial charge is 0.254 e. The number of nitrogens with zero attached hydrogens (tertiary/aromatic N) is 8. The summed E-state index contributed by atoms with van der Waals surface area (Å²) in [6.45, 7) is 4.97. The molecule has 0 bridgehead atoms. The van der Waals surface area contributed by atoms with Crippen molar-refractivity contribution in [1.82, 2.24) is 38.8 Å². The Labute approximate surface area is 350 Å². The van der Waals surface area contributed by atoms with E-state index in [0.717, 1.165) is 51.8 Å². The highest BCUT2D eigenvalue weighted by atomic mass is 79.9. The number of imidazole rings is 1. The topological polar surface area (TPSA) is 165 Å². The molecule has 3 unspecified atom stereocenters. The predicted octanol–water partition coefficient (Wildman–Crippen LogP) is 6.87. The van der Waals surface area contributed by atoms with Crippen LogP contribution in [0.1, 0.15) is 49.0 Å². The zero-order valence-electron chi connectivity index (χ0n) is 33.1. The number of amides is 1. The van der Waals surface area contributed by atoms with Crippen molar-refractivity contribution in [1.29, 1.82) is 0 Å².